The highest BCUT2D eigenvalue weighted by Crippen LogP contribution is 2.21. The van der Waals surface area contributed by atoms with Crippen molar-refractivity contribution in [2.24, 2.45) is 0 Å². The van der Waals surface area contributed by atoms with Crippen LogP contribution in [-0.2, 0) is 0 Å². The molecule has 2 amide bonds. The molecule has 21 heavy (non-hydrogen) atoms. The van der Waals surface area contributed by atoms with Crippen LogP contribution in [-0.4, -0.2) is 28.2 Å². The number of carbonyl (C=O) groups excluding carboxylic acids is 2. The average Bonchev–Trinajstić information content (AvgIpc) is 2.75. The molecule has 3 rings (SSSR count). The van der Waals surface area contributed by atoms with E-state index < -0.39 is 0 Å². The number of hydrogen-bond donors (Lipinski definition) is 0. The molecule has 0 unspecified atom stereocenters. The Kier molecular flexibility index (Phi) is 3.55. The lowest BCUT2D eigenvalue weighted by Crippen LogP contribution is -2.30. The predicted molar refractivity (Wildman–Crippen MR) is 80.6 cm³/mol. The lowest BCUT2D eigenvalue weighted by Gasteiger charge is -2.08. The van der Waals surface area contributed by atoms with E-state index in [-0.39, 0.29) is 18.4 Å². The van der Waals surface area contributed by atoms with Gasteiger partial charge < -0.3 is 0 Å². The fourth-order valence-corrected chi connectivity index (χ4v) is 2.28. The molecule has 1 aliphatic heterocycles. The Balaban J connectivity index is 1.77. The van der Waals surface area contributed by atoms with Crippen LogP contribution in [0.2, 0.25) is 0 Å². The largest absolute Gasteiger partial charge is 0.269 e. The van der Waals surface area contributed by atoms with Crippen LogP contribution in [0.4, 0.5) is 0 Å². The predicted octanol–water partition coefficient (Wildman–Crippen LogP) is 2.49. The summed E-state index contributed by atoms with van der Waals surface area (Å²) in [4.78, 5) is 29.5. The minimum Gasteiger partial charge on any atom is -0.269 e. The number of imide groups is 1. The zero-order chi connectivity index (χ0) is 14.8. The van der Waals surface area contributed by atoms with Crippen LogP contribution in [0, 0.1) is 11.8 Å². The number of hydrogen-bond acceptors (Lipinski definition) is 3. The van der Waals surface area contributed by atoms with E-state index >= 15 is 0 Å². The number of fused-ring (bicyclic) bond motifs is 1. The quantitative estimate of drug-likeness (QED) is 0.592. The molecule has 1 aromatic carbocycles. The van der Waals surface area contributed by atoms with Gasteiger partial charge in [-0.05, 0) is 46.1 Å². The first kappa shape index (κ1) is 13.5. The second-order valence-corrected chi connectivity index (χ2v) is 5.32. The van der Waals surface area contributed by atoms with E-state index in [1.165, 1.54) is 0 Å². The van der Waals surface area contributed by atoms with Crippen molar-refractivity contribution in [3.63, 3.8) is 0 Å². The van der Waals surface area contributed by atoms with E-state index in [2.05, 4.69) is 32.8 Å². The number of rotatable bonds is 1. The first-order valence-corrected chi connectivity index (χ1v) is 7.02. The lowest BCUT2D eigenvalue weighted by molar-refractivity contribution is 0.0675. The Morgan fingerprint density at radius 1 is 1.05 bits per heavy atom. The van der Waals surface area contributed by atoms with Crippen LogP contribution in [0.3, 0.4) is 0 Å². The van der Waals surface area contributed by atoms with Crippen molar-refractivity contribution in [2.45, 2.75) is 0 Å². The molecule has 0 saturated carbocycles. The Labute approximate surface area is 129 Å². The average molecular weight is 341 g/mol. The highest BCUT2D eigenvalue weighted by molar-refractivity contribution is 9.10. The maximum Gasteiger partial charge on any atom is 0.262 e. The standard InChI is InChI=1S/C16H9BrN2O2/c17-11-7-8-12(18-10-11)4-3-9-19-15(20)13-5-1-2-6-14(13)16(19)21/h1-2,5-8,10H,9H2. The first-order chi connectivity index (χ1) is 10.2. The van der Waals surface area contributed by atoms with Crippen molar-refractivity contribution < 1.29 is 9.59 Å². The summed E-state index contributed by atoms with van der Waals surface area (Å²) in [6.45, 7) is 0.0596. The molecule has 1 aromatic heterocycles. The summed E-state index contributed by atoms with van der Waals surface area (Å²) >= 11 is 3.29. The van der Waals surface area contributed by atoms with E-state index in [4.69, 9.17) is 0 Å². The molecule has 102 valence electrons. The molecule has 0 aliphatic carbocycles. The van der Waals surface area contributed by atoms with Gasteiger partial charge >= 0.3 is 0 Å². The van der Waals surface area contributed by atoms with E-state index in [1.807, 2.05) is 6.07 Å². The molecule has 0 bridgehead atoms. The zero-order valence-electron chi connectivity index (χ0n) is 10.8. The van der Waals surface area contributed by atoms with Gasteiger partial charge in [-0.3, -0.25) is 14.5 Å². The molecule has 0 radical (unpaired) electrons. The first-order valence-electron chi connectivity index (χ1n) is 6.22. The molecule has 2 heterocycles. The van der Waals surface area contributed by atoms with Crippen LogP contribution in [0.1, 0.15) is 26.4 Å². The third-order valence-corrected chi connectivity index (χ3v) is 3.53. The second kappa shape index (κ2) is 5.51. The van der Waals surface area contributed by atoms with Gasteiger partial charge in [-0.15, -0.1) is 0 Å². The minimum atomic E-state index is -0.298. The summed E-state index contributed by atoms with van der Waals surface area (Å²) in [5.74, 6) is 5.06. The van der Waals surface area contributed by atoms with Gasteiger partial charge in [0.15, 0.2) is 0 Å². The number of amides is 2. The summed E-state index contributed by atoms with van der Waals surface area (Å²) in [7, 11) is 0. The van der Waals surface area contributed by atoms with Gasteiger partial charge in [-0.25, -0.2) is 4.98 Å². The molecule has 2 aromatic rings. The van der Waals surface area contributed by atoms with Crippen molar-refractivity contribution >= 4 is 27.7 Å². The SMILES string of the molecule is O=C1c2ccccc2C(=O)N1CC#Cc1ccc(Br)cn1. The number of carbonyl (C=O) groups is 2. The van der Waals surface area contributed by atoms with E-state index in [0.29, 0.717) is 16.8 Å². The monoisotopic (exact) mass is 340 g/mol. The molecule has 0 fully saturated rings. The van der Waals surface area contributed by atoms with Crippen LogP contribution in [0.25, 0.3) is 0 Å². The van der Waals surface area contributed by atoms with Gasteiger partial charge in [0.2, 0.25) is 0 Å². The third kappa shape index (κ3) is 2.58. The summed E-state index contributed by atoms with van der Waals surface area (Å²) in [5, 5.41) is 0. The Morgan fingerprint density at radius 3 is 2.29 bits per heavy atom. The van der Waals surface area contributed by atoms with E-state index in [1.54, 1.807) is 36.5 Å². The Hall–Kier alpha value is -2.45. The number of aromatic nitrogens is 1. The highest BCUT2D eigenvalue weighted by Gasteiger charge is 2.34. The normalized spacial score (nSPS) is 12.9. The Morgan fingerprint density at radius 2 is 1.71 bits per heavy atom. The fourth-order valence-electron chi connectivity index (χ4n) is 2.04. The van der Waals surface area contributed by atoms with Crippen molar-refractivity contribution in [1.82, 2.24) is 9.88 Å². The molecule has 0 spiro atoms. The van der Waals surface area contributed by atoms with Gasteiger partial charge in [0.05, 0.1) is 17.7 Å². The minimum absolute atomic E-state index is 0.0596. The molecule has 4 nitrogen and oxygen atoms in total. The Bertz CT molecular complexity index is 753. The molecule has 0 N–H and O–H groups in total. The second-order valence-electron chi connectivity index (χ2n) is 4.41. The van der Waals surface area contributed by atoms with Gasteiger partial charge in [-0.2, -0.15) is 0 Å². The van der Waals surface area contributed by atoms with Crippen molar-refractivity contribution in [2.75, 3.05) is 6.54 Å². The number of halogens is 1. The number of benzene rings is 1. The molecular formula is C16H9BrN2O2. The summed E-state index contributed by atoms with van der Waals surface area (Å²) < 4.78 is 0.869. The highest BCUT2D eigenvalue weighted by atomic mass is 79.9. The van der Waals surface area contributed by atoms with Crippen LogP contribution >= 0.6 is 15.9 Å². The van der Waals surface area contributed by atoms with Gasteiger partial charge in [0, 0.05) is 10.7 Å². The maximum atomic E-state index is 12.1. The van der Waals surface area contributed by atoms with Crippen LogP contribution < -0.4 is 0 Å². The van der Waals surface area contributed by atoms with E-state index in [0.717, 1.165) is 9.37 Å². The number of nitrogens with zero attached hydrogens (tertiary/aromatic N) is 2. The lowest BCUT2D eigenvalue weighted by atomic mass is 10.1. The van der Waals surface area contributed by atoms with Gasteiger partial charge in [-0.1, -0.05) is 18.1 Å². The molecule has 1 aliphatic rings. The molecule has 0 atom stereocenters. The molecule has 5 heteroatoms. The van der Waals surface area contributed by atoms with Crippen LogP contribution in [0.15, 0.2) is 47.1 Å². The summed E-state index contributed by atoms with van der Waals surface area (Å²) in [6.07, 6.45) is 1.64. The summed E-state index contributed by atoms with van der Waals surface area (Å²) in [5.41, 5.74) is 1.46. The maximum absolute atomic E-state index is 12.1. The smallest absolute Gasteiger partial charge is 0.262 e. The van der Waals surface area contributed by atoms with E-state index in [9.17, 15) is 9.59 Å². The molecule has 0 saturated heterocycles. The van der Waals surface area contributed by atoms with Gasteiger partial charge in [0.25, 0.3) is 11.8 Å². The zero-order valence-corrected chi connectivity index (χ0v) is 12.4. The van der Waals surface area contributed by atoms with Gasteiger partial charge in [0.1, 0.15) is 5.69 Å². The van der Waals surface area contributed by atoms with Crippen LogP contribution in [0.5, 0.6) is 0 Å². The van der Waals surface area contributed by atoms with Crippen molar-refractivity contribution in [1.29, 1.82) is 0 Å². The third-order valence-electron chi connectivity index (χ3n) is 3.06. The topological polar surface area (TPSA) is 50.3 Å². The van der Waals surface area contributed by atoms with Crippen molar-refractivity contribution in [3.05, 3.63) is 63.9 Å². The molecular weight excluding hydrogens is 332 g/mol. The number of pyridine rings is 1. The fraction of sp³-hybridized carbons (Fsp3) is 0.0625. The van der Waals surface area contributed by atoms with Crippen molar-refractivity contribution in [3.8, 4) is 11.8 Å². The summed E-state index contributed by atoms with van der Waals surface area (Å²) in [6, 6.07) is 10.4.